The van der Waals surface area contributed by atoms with E-state index in [2.05, 4.69) is 13.0 Å². The molecule has 92 valence electrons. The average Bonchev–Trinajstić information content (AvgIpc) is 2.40. The summed E-state index contributed by atoms with van der Waals surface area (Å²) in [4.78, 5) is 0. The molecule has 0 bridgehead atoms. The van der Waals surface area contributed by atoms with Crippen molar-refractivity contribution < 1.29 is 0 Å². The van der Waals surface area contributed by atoms with Crippen LogP contribution in [0.25, 0.3) is 0 Å². The number of hydrogen-bond acceptors (Lipinski definition) is 3. The maximum atomic E-state index is 8.76. The summed E-state index contributed by atoms with van der Waals surface area (Å²) >= 11 is 0. The number of rotatable bonds is 6. The predicted octanol–water partition coefficient (Wildman–Crippen LogP) is 1.98. The zero-order chi connectivity index (χ0) is 12.7. The molecule has 0 fully saturated rings. The number of hydrogen-bond donors (Lipinski definition) is 2. The van der Waals surface area contributed by atoms with Crippen molar-refractivity contribution in [3.05, 3.63) is 35.4 Å². The lowest BCUT2D eigenvalue weighted by molar-refractivity contribution is 0.442. The van der Waals surface area contributed by atoms with Gasteiger partial charge >= 0.3 is 0 Å². The molecule has 0 aliphatic heterocycles. The summed E-state index contributed by atoms with van der Waals surface area (Å²) in [5.41, 5.74) is 13.4. The minimum atomic E-state index is 0.385. The van der Waals surface area contributed by atoms with Crippen LogP contribution in [0.4, 0.5) is 0 Å². The molecule has 1 atom stereocenters. The molecule has 0 radical (unpaired) electrons. The van der Waals surface area contributed by atoms with Gasteiger partial charge in [-0.25, -0.2) is 0 Å². The fourth-order valence-electron chi connectivity index (χ4n) is 2.06. The van der Waals surface area contributed by atoms with Gasteiger partial charge in [-0.2, -0.15) is 5.26 Å². The van der Waals surface area contributed by atoms with Crippen LogP contribution in [0, 0.1) is 17.2 Å². The predicted molar refractivity (Wildman–Crippen MR) is 70.4 cm³/mol. The zero-order valence-electron chi connectivity index (χ0n) is 10.4. The van der Waals surface area contributed by atoms with E-state index in [0.29, 0.717) is 30.5 Å². The van der Waals surface area contributed by atoms with Gasteiger partial charge in [0.15, 0.2) is 0 Å². The standard InChI is InChI=1S/C14H21N3/c1-2-13(7-12(9-16)10-17)14-5-3-11(8-15)4-6-14/h3-6,12-13H,2,7,9-10,16-17H2,1H3. The van der Waals surface area contributed by atoms with Crippen LogP contribution >= 0.6 is 0 Å². The highest BCUT2D eigenvalue weighted by atomic mass is 14.6. The monoisotopic (exact) mass is 231 g/mol. The molecule has 1 rings (SSSR count). The average molecular weight is 231 g/mol. The number of nitrogens with zero attached hydrogens (tertiary/aromatic N) is 1. The second-order valence-corrected chi connectivity index (χ2v) is 4.41. The summed E-state index contributed by atoms with van der Waals surface area (Å²) in [5.74, 6) is 0.871. The highest BCUT2D eigenvalue weighted by molar-refractivity contribution is 5.33. The summed E-state index contributed by atoms with van der Waals surface area (Å²) in [7, 11) is 0. The Morgan fingerprint density at radius 3 is 2.18 bits per heavy atom. The van der Waals surface area contributed by atoms with Crippen LogP contribution in [0.2, 0.25) is 0 Å². The van der Waals surface area contributed by atoms with Gasteiger partial charge in [0.05, 0.1) is 11.6 Å². The Kier molecular flexibility index (Phi) is 5.68. The molecule has 17 heavy (non-hydrogen) atoms. The minimum Gasteiger partial charge on any atom is -0.330 e. The molecule has 0 aromatic heterocycles. The Labute approximate surface area is 103 Å². The van der Waals surface area contributed by atoms with E-state index in [4.69, 9.17) is 16.7 Å². The summed E-state index contributed by atoms with van der Waals surface area (Å²) in [6.07, 6.45) is 2.10. The fraction of sp³-hybridized carbons (Fsp3) is 0.500. The van der Waals surface area contributed by atoms with E-state index < -0.39 is 0 Å². The highest BCUT2D eigenvalue weighted by Gasteiger charge is 2.14. The third-order valence-electron chi connectivity index (χ3n) is 3.29. The van der Waals surface area contributed by atoms with E-state index in [0.717, 1.165) is 12.8 Å². The van der Waals surface area contributed by atoms with Crippen molar-refractivity contribution in [1.29, 1.82) is 5.26 Å². The Morgan fingerprint density at radius 2 is 1.76 bits per heavy atom. The first-order valence-corrected chi connectivity index (χ1v) is 6.15. The molecule has 1 aromatic carbocycles. The van der Waals surface area contributed by atoms with Gasteiger partial charge in [-0.15, -0.1) is 0 Å². The van der Waals surface area contributed by atoms with Crippen molar-refractivity contribution in [2.45, 2.75) is 25.7 Å². The van der Waals surface area contributed by atoms with Crippen molar-refractivity contribution in [2.24, 2.45) is 17.4 Å². The number of nitrogens with two attached hydrogens (primary N) is 2. The molecule has 3 heteroatoms. The molecule has 3 nitrogen and oxygen atoms in total. The lowest BCUT2D eigenvalue weighted by Crippen LogP contribution is -2.25. The largest absolute Gasteiger partial charge is 0.330 e. The lowest BCUT2D eigenvalue weighted by atomic mass is 9.86. The van der Waals surface area contributed by atoms with Crippen molar-refractivity contribution >= 4 is 0 Å². The molecule has 0 saturated carbocycles. The Hall–Kier alpha value is -1.37. The summed E-state index contributed by atoms with van der Waals surface area (Å²) in [6, 6.07) is 9.96. The van der Waals surface area contributed by atoms with Gasteiger partial charge in [0.2, 0.25) is 0 Å². The molecule has 1 aromatic rings. The molecule has 0 spiro atoms. The Bertz CT molecular complexity index is 360. The van der Waals surface area contributed by atoms with Gasteiger partial charge in [-0.3, -0.25) is 0 Å². The van der Waals surface area contributed by atoms with Crippen LogP contribution in [0.15, 0.2) is 24.3 Å². The zero-order valence-corrected chi connectivity index (χ0v) is 10.4. The molecule has 0 saturated heterocycles. The van der Waals surface area contributed by atoms with E-state index in [9.17, 15) is 0 Å². The van der Waals surface area contributed by atoms with Gasteiger partial charge in [0, 0.05) is 0 Å². The minimum absolute atomic E-state index is 0.385. The maximum Gasteiger partial charge on any atom is 0.0991 e. The van der Waals surface area contributed by atoms with Crippen LogP contribution in [0.1, 0.15) is 36.8 Å². The van der Waals surface area contributed by atoms with E-state index in [1.807, 2.05) is 24.3 Å². The van der Waals surface area contributed by atoms with Gasteiger partial charge in [0.1, 0.15) is 0 Å². The molecular weight excluding hydrogens is 210 g/mol. The normalized spacial score (nSPS) is 12.4. The summed E-state index contributed by atoms with van der Waals surface area (Å²) in [6.45, 7) is 3.46. The molecule has 0 amide bonds. The van der Waals surface area contributed by atoms with Crippen LogP contribution in [-0.4, -0.2) is 13.1 Å². The van der Waals surface area contributed by atoms with Crippen molar-refractivity contribution in [1.82, 2.24) is 0 Å². The molecule has 4 N–H and O–H groups in total. The van der Waals surface area contributed by atoms with E-state index in [1.165, 1.54) is 5.56 Å². The lowest BCUT2D eigenvalue weighted by Gasteiger charge is -2.20. The van der Waals surface area contributed by atoms with Crippen LogP contribution in [0.3, 0.4) is 0 Å². The Balaban J connectivity index is 2.75. The van der Waals surface area contributed by atoms with Gasteiger partial charge in [-0.05, 0) is 55.5 Å². The van der Waals surface area contributed by atoms with Gasteiger partial charge in [-0.1, -0.05) is 19.1 Å². The van der Waals surface area contributed by atoms with Crippen molar-refractivity contribution in [2.75, 3.05) is 13.1 Å². The molecule has 1 unspecified atom stereocenters. The SMILES string of the molecule is CCC(CC(CN)CN)c1ccc(C#N)cc1. The van der Waals surface area contributed by atoms with Crippen LogP contribution < -0.4 is 11.5 Å². The highest BCUT2D eigenvalue weighted by Crippen LogP contribution is 2.26. The molecule has 0 heterocycles. The van der Waals surface area contributed by atoms with Gasteiger partial charge in [0.25, 0.3) is 0 Å². The fourth-order valence-corrected chi connectivity index (χ4v) is 2.06. The topological polar surface area (TPSA) is 75.8 Å². The second kappa shape index (κ2) is 7.05. The third kappa shape index (κ3) is 3.85. The smallest absolute Gasteiger partial charge is 0.0991 e. The van der Waals surface area contributed by atoms with Crippen LogP contribution in [-0.2, 0) is 0 Å². The quantitative estimate of drug-likeness (QED) is 0.786. The first-order valence-electron chi connectivity index (χ1n) is 6.15. The van der Waals surface area contributed by atoms with E-state index in [-0.39, 0.29) is 0 Å². The van der Waals surface area contributed by atoms with Crippen LogP contribution in [0.5, 0.6) is 0 Å². The summed E-state index contributed by atoms with van der Waals surface area (Å²) < 4.78 is 0. The number of benzene rings is 1. The van der Waals surface area contributed by atoms with E-state index in [1.54, 1.807) is 0 Å². The maximum absolute atomic E-state index is 8.76. The van der Waals surface area contributed by atoms with Crippen molar-refractivity contribution in [3.8, 4) is 6.07 Å². The second-order valence-electron chi connectivity index (χ2n) is 4.41. The number of nitriles is 1. The van der Waals surface area contributed by atoms with Crippen molar-refractivity contribution in [3.63, 3.8) is 0 Å². The Morgan fingerprint density at radius 1 is 1.18 bits per heavy atom. The van der Waals surface area contributed by atoms with E-state index >= 15 is 0 Å². The van der Waals surface area contributed by atoms with Gasteiger partial charge < -0.3 is 11.5 Å². The molecule has 0 aliphatic carbocycles. The third-order valence-corrected chi connectivity index (χ3v) is 3.29. The first kappa shape index (κ1) is 13.7. The molecular formula is C14H21N3. The summed E-state index contributed by atoms with van der Waals surface area (Å²) in [5, 5.41) is 8.76. The first-order chi connectivity index (χ1) is 8.24. The molecule has 0 aliphatic rings.